The van der Waals surface area contributed by atoms with E-state index >= 15 is 0 Å². The van der Waals surface area contributed by atoms with Gasteiger partial charge in [-0.25, -0.2) is 0 Å². The number of carboxylic acid groups (broad SMARTS) is 1. The molecule has 1 rings (SSSR count). The Morgan fingerprint density at radius 2 is 1.06 bits per heavy atom. The summed E-state index contributed by atoms with van der Waals surface area (Å²) in [5.41, 5.74) is 0. The summed E-state index contributed by atoms with van der Waals surface area (Å²) in [6.07, 6.45) is 0. The molecule has 3 nitrogen and oxygen atoms in total. The number of aliphatic carboxylic acids is 1. The Kier molecular flexibility index (Phi) is 10.7. The zero-order valence-electron chi connectivity index (χ0n) is 7.69. The van der Waals surface area contributed by atoms with E-state index in [1.807, 2.05) is 0 Å². The summed E-state index contributed by atoms with van der Waals surface area (Å²) in [5.74, 6) is -1.20. The van der Waals surface area contributed by atoms with Gasteiger partial charge in [0, 0.05) is 6.92 Å². The molecule has 0 atom stereocenters. The van der Waals surface area contributed by atoms with E-state index in [2.05, 4.69) is 0 Å². The Morgan fingerprint density at radius 1 is 0.882 bits per heavy atom. The summed E-state index contributed by atoms with van der Waals surface area (Å²) in [7, 11) is 0. The van der Waals surface area contributed by atoms with Crippen LogP contribution < -0.4 is 0 Å². The van der Waals surface area contributed by atoms with E-state index in [1.165, 1.54) is 0 Å². The van der Waals surface area contributed by atoms with E-state index in [4.69, 9.17) is 67.9 Å². The maximum absolute atomic E-state index is 9.20. The van der Waals surface area contributed by atoms with Gasteiger partial charge in [0.15, 0.2) is 5.75 Å². The first-order valence-corrected chi connectivity index (χ1v) is 5.49. The van der Waals surface area contributed by atoms with Crippen molar-refractivity contribution in [3.05, 3.63) is 25.1 Å². The van der Waals surface area contributed by atoms with E-state index in [0.717, 1.165) is 6.92 Å². The summed E-state index contributed by atoms with van der Waals surface area (Å²) in [4.78, 5) is 9.00. The van der Waals surface area contributed by atoms with Crippen LogP contribution in [0.3, 0.4) is 0 Å². The first-order chi connectivity index (χ1) is 7.20. The van der Waals surface area contributed by atoms with E-state index in [-0.39, 0.29) is 60.4 Å². The van der Waals surface area contributed by atoms with Crippen molar-refractivity contribution in [3.63, 3.8) is 0 Å². The van der Waals surface area contributed by atoms with Gasteiger partial charge in [-0.05, 0) is 0 Å². The Hall–Kier alpha value is 0.940. The van der Waals surface area contributed by atoms with Gasteiger partial charge in [0.05, 0.1) is 15.1 Å². The van der Waals surface area contributed by atoms with Crippen molar-refractivity contribution in [2.45, 2.75) is 6.92 Å². The third-order valence-corrected chi connectivity index (χ3v) is 3.44. The molecule has 0 unspecified atom stereocenters. The molecule has 0 aliphatic carbocycles. The monoisotopic (exact) mass is 348 g/mol. The molecule has 0 aliphatic heterocycles. The maximum atomic E-state index is 9.20. The van der Waals surface area contributed by atoms with Crippen molar-refractivity contribution < 1.29 is 15.0 Å². The van der Waals surface area contributed by atoms with Gasteiger partial charge in [0.2, 0.25) is 0 Å². The van der Waals surface area contributed by atoms with Crippen molar-refractivity contribution >= 4 is 93.5 Å². The minimum absolute atomic E-state index is 0. The van der Waals surface area contributed by atoms with Crippen LogP contribution in [0.5, 0.6) is 5.75 Å². The summed E-state index contributed by atoms with van der Waals surface area (Å²) in [5, 5.41) is 16.4. The van der Waals surface area contributed by atoms with E-state index in [9.17, 15) is 5.11 Å². The third-order valence-electron chi connectivity index (χ3n) is 1.19. The van der Waals surface area contributed by atoms with Gasteiger partial charge in [0.1, 0.15) is 10.0 Å². The molecule has 2 N–H and O–H groups in total. The molecule has 0 amide bonds. The van der Waals surface area contributed by atoms with Crippen LogP contribution in [-0.4, -0.2) is 45.7 Å². The second-order valence-corrected chi connectivity index (χ2v) is 4.33. The van der Waals surface area contributed by atoms with Gasteiger partial charge in [-0.1, -0.05) is 58.0 Å². The first-order valence-electron chi connectivity index (χ1n) is 3.60. The average molecular weight is 350 g/mol. The number of hydrogen-bond donors (Lipinski definition) is 2. The van der Waals surface area contributed by atoms with Crippen molar-refractivity contribution in [2.75, 3.05) is 0 Å². The summed E-state index contributed by atoms with van der Waals surface area (Å²) in [6.45, 7) is 1.08. The number of carbonyl (C=O) groups is 1. The molecule has 17 heavy (non-hydrogen) atoms. The van der Waals surface area contributed by atoms with Gasteiger partial charge < -0.3 is 10.2 Å². The molecule has 0 spiro atoms. The molecular weight excluding hydrogens is 344 g/mol. The molecule has 0 saturated heterocycles. The number of halogens is 5. The third kappa shape index (κ3) is 6.08. The van der Waals surface area contributed by atoms with Crippen LogP contribution in [0.4, 0.5) is 0 Å². The fourth-order valence-corrected chi connectivity index (χ4v) is 1.72. The fourth-order valence-electron chi connectivity index (χ4n) is 0.593. The van der Waals surface area contributed by atoms with Crippen molar-refractivity contribution in [2.24, 2.45) is 0 Å². The van der Waals surface area contributed by atoms with Crippen molar-refractivity contribution in [1.82, 2.24) is 0 Å². The molecule has 1 aromatic carbocycles. The minimum atomic E-state index is -0.833. The van der Waals surface area contributed by atoms with Crippen LogP contribution in [0.15, 0.2) is 0 Å². The average Bonchev–Trinajstić information content (AvgIpc) is 2.20. The number of hydrogen-bond acceptors (Lipinski definition) is 2. The topological polar surface area (TPSA) is 57.5 Å². The van der Waals surface area contributed by atoms with Crippen LogP contribution in [0, 0.1) is 0 Å². The molecule has 0 radical (unpaired) electrons. The van der Waals surface area contributed by atoms with Gasteiger partial charge in [-0.3, -0.25) is 4.79 Å². The molecular formula is C8H6Cl5NaO3. The van der Waals surface area contributed by atoms with Crippen LogP contribution >= 0.6 is 58.0 Å². The molecule has 0 saturated carbocycles. The normalized spacial score (nSPS) is 8.82. The molecule has 0 heterocycles. The number of aromatic hydroxyl groups is 1. The Bertz CT molecular complexity index is 315. The van der Waals surface area contributed by atoms with Crippen LogP contribution in [-0.2, 0) is 4.79 Å². The SMILES string of the molecule is CC(=O)O.Oc1c(Cl)c(Cl)c(Cl)c(Cl)c1Cl.[NaH]. The standard InChI is InChI=1S/C6HCl5O.C2H4O2.Na.H/c7-1-2(8)4(10)6(12)5(11)3(1)9;1-2(3)4;;/h12H;1H3,(H,3,4);;. The predicted octanol–water partition coefficient (Wildman–Crippen LogP) is 4.10. The van der Waals surface area contributed by atoms with E-state index < -0.39 is 5.97 Å². The first kappa shape index (κ1) is 20.3. The zero-order chi connectivity index (χ0) is 13.0. The fraction of sp³-hybridized carbons (Fsp3) is 0.125. The number of phenols is 1. The van der Waals surface area contributed by atoms with Crippen molar-refractivity contribution in [3.8, 4) is 5.75 Å². The van der Waals surface area contributed by atoms with Gasteiger partial charge in [0.25, 0.3) is 5.97 Å². The molecule has 9 heteroatoms. The Labute approximate surface area is 145 Å². The van der Waals surface area contributed by atoms with E-state index in [1.54, 1.807) is 0 Å². The zero-order valence-corrected chi connectivity index (χ0v) is 11.5. The van der Waals surface area contributed by atoms with Crippen molar-refractivity contribution in [1.29, 1.82) is 0 Å². The quantitative estimate of drug-likeness (QED) is 0.421. The molecule has 0 bridgehead atoms. The molecule has 0 aliphatic rings. The number of rotatable bonds is 0. The van der Waals surface area contributed by atoms with Gasteiger partial charge >= 0.3 is 29.6 Å². The Balaban J connectivity index is 0. The molecule has 1 aromatic rings. The van der Waals surface area contributed by atoms with Gasteiger partial charge in [-0.15, -0.1) is 0 Å². The Morgan fingerprint density at radius 3 is 1.29 bits per heavy atom. The number of phenolic OH excluding ortho intramolecular Hbond substituents is 1. The summed E-state index contributed by atoms with van der Waals surface area (Å²) in [6, 6.07) is 0. The van der Waals surface area contributed by atoms with Crippen LogP contribution in [0.2, 0.25) is 25.1 Å². The second kappa shape index (κ2) is 8.94. The molecule has 92 valence electrons. The second-order valence-electron chi connectivity index (χ2n) is 2.44. The summed E-state index contributed by atoms with van der Waals surface area (Å²) >= 11 is 27.9. The van der Waals surface area contributed by atoms with Crippen LogP contribution in [0.25, 0.3) is 0 Å². The van der Waals surface area contributed by atoms with E-state index in [0.29, 0.717) is 0 Å². The van der Waals surface area contributed by atoms with Crippen LogP contribution in [0.1, 0.15) is 6.92 Å². The summed E-state index contributed by atoms with van der Waals surface area (Å²) < 4.78 is 0. The predicted molar refractivity (Wildman–Crippen MR) is 73.6 cm³/mol. The number of carboxylic acids is 1. The molecule has 0 aromatic heterocycles. The van der Waals surface area contributed by atoms with Gasteiger partial charge in [-0.2, -0.15) is 0 Å². The molecule has 0 fully saturated rings. The number of benzene rings is 1.